The molecular formula is C22H21NO. The van der Waals surface area contributed by atoms with Crippen LogP contribution in [0.4, 0.5) is 0 Å². The van der Waals surface area contributed by atoms with Gasteiger partial charge in [-0.1, -0.05) is 42.8 Å². The first-order chi connectivity index (χ1) is 11.8. The van der Waals surface area contributed by atoms with E-state index in [2.05, 4.69) is 53.4 Å². The first-order valence-electron chi connectivity index (χ1n) is 8.92. The number of likely N-dealkylation sites (tertiary alicyclic amines) is 1. The molecule has 0 saturated carbocycles. The predicted molar refractivity (Wildman–Crippen MR) is 101 cm³/mol. The minimum atomic E-state index is 0.464. The lowest BCUT2D eigenvalue weighted by atomic mass is 9.92. The van der Waals surface area contributed by atoms with Crippen LogP contribution < -0.4 is 0 Å². The standard InChI is InChI=1S/C22H21NO/c24-22-18(14-23-11-2-1-3-12-23)13-17-8-7-15-5-4-6-16-9-10-19(22)21(17)20(15)16/h4-10,13,24H,1-3,11-12,14H2. The monoisotopic (exact) mass is 315 g/mol. The molecule has 0 spiro atoms. The molecule has 120 valence electrons. The Kier molecular flexibility index (Phi) is 3.14. The molecule has 1 N–H and O–H groups in total. The van der Waals surface area contributed by atoms with Crippen molar-refractivity contribution in [1.29, 1.82) is 0 Å². The molecule has 1 saturated heterocycles. The summed E-state index contributed by atoms with van der Waals surface area (Å²) < 4.78 is 0. The number of phenols is 1. The quantitative estimate of drug-likeness (QED) is 0.509. The van der Waals surface area contributed by atoms with Gasteiger partial charge in [-0.15, -0.1) is 0 Å². The number of hydrogen-bond acceptors (Lipinski definition) is 2. The topological polar surface area (TPSA) is 23.5 Å². The molecule has 0 atom stereocenters. The summed E-state index contributed by atoms with van der Waals surface area (Å²) in [6, 6.07) is 17.2. The third-order valence-corrected chi connectivity index (χ3v) is 5.54. The van der Waals surface area contributed by atoms with Crippen LogP contribution in [0.1, 0.15) is 24.8 Å². The van der Waals surface area contributed by atoms with Gasteiger partial charge in [-0.2, -0.15) is 0 Å². The van der Waals surface area contributed by atoms with Crippen molar-refractivity contribution in [2.24, 2.45) is 0 Å². The maximum absolute atomic E-state index is 10.9. The average molecular weight is 315 g/mol. The summed E-state index contributed by atoms with van der Waals surface area (Å²) >= 11 is 0. The van der Waals surface area contributed by atoms with Gasteiger partial charge in [0.1, 0.15) is 5.75 Å². The lowest BCUT2D eigenvalue weighted by Crippen LogP contribution is -2.29. The van der Waals surface area contributed by atoms with Crippen molar-refractivity contribution >= 4 is 32.3 Å². The zero-order valence-corrected chi connectivity index (χ0v) is 13.8. The van der Waals surface area contributed by atoms with Gasteiger partial charge in [0.2, 0.25) is 0 Å². The van der Waals surface area contributed by atoms with Crippen molar-refractivity contribution < 1.29 is 5.11 Å². The van der Waals surface area contributed by atoms with Crippen molar-refractivity contribution in [2.45, 2.75) is 25.8 Å². The van der Waals surface area contributed by atoms with Gasteiger partial charge in [-0.3, -0.25) is 4.90 Å². The summed E-state index contributed by atoms with van der Waals surface area (Å²) in [6.45, 7) is 3.14. The van der Waals surface area contributed by atoms with E-state index in [0.717, 1.165) is 30.6 Å². The number of rotatable bonds is 2. The number of hydrogen-bond donors (Lipinski definition) is 1. The van der Waals surface area contributed by atoms with Crippen LogP contribution in [-0.4, -0.2) is 23.1 Å². The fourth-order valence-corrected chi connectivity index (χ4v) is 4.33. The Hall–Kier alpha value is -2.32. The second-order valence-electron chi connectivity index (χ2n) is 7.08. The maximum atomic E-state index is 10.9. The van der Waals surface area contributed by atoms with Gasteiger partial charge in [0.25, 0.3) is 0 Å². The first kappa shape index (κ1) is 14.1. The fourth-order valence-electron chi connectivity index (χ4n) is 4.33. The zero-order valence-electron chi connectivity index (χ0n) is 13.8. The minimum Gasteiger partial charge on any atom is -0.507 e. The largest absolute Gasteiger partial charge is 0.507 e. The van der Waals surface area contributed by atoms with Gasteiger partial charge < -0.3 is 5.11 Å². The molecule has 1 fully saturated rings. The molecule has 5 rings (SSSR count). The number of aromatic hydroxyl groups is 1. The van der Waals surface area contributed by atoms with Crippen molar-refractivity contribution in [2.75, 3.05) is 13.1 Å². The summed E-state index contributed by atoms with van der Waals surface area (Å²) in [7, 11) is 0. The molecule has 2 nitrogen and oxygen atoms in total. The van der Waals surface area contributed by atoms with Crippen LogP contribution in [-0.2, 0) is 6.54 Å². The Labute approximate surface area is 141 Å². The van der Waals surface area contributed by atoms with Crippen molar-refractivity contribution in [3.8, 4) is 5.75 Å². The lowest BCUT2D eigenvalue weighted by molar-refractivity contribution is 0.219. The smallest absolute Gasteiger partial charge is 0.127 e. The highest BCUT2D eigenvalue weighted by molar-refractivity contribution is 6.24. The van der Waals surface area contributed by atoms with Crippen molar-refractivity contribution in [3.63, 3.8) is 0 Å². The van der Waals surface area contributed by atoms with Crippen LogP contribution in [0, 0.1) is 0 Å². The van der Waals surface area contributed by atoms with E-state index < -0.39 is 0 Å². The summed E-state index contributed by atoms with van der Waals surface area (Å²) in [4.78, 5) is 2.47. The van der Waals surface area contributed by atoms with E-state index in [-0.39, 0.29) is 0 Å². The summed E-state index contributed by atoms with van der Waals surface area (Å²) in [5.41, 5.74) is 1.06. The molecular weight excluding hydrogens is 294 g/mol. The van der Waals surface area contributed by atoms with E-state index >= 15 is 0 Å². The second-order valence-corrected chi connectivity index (χ2v) is 7.08. The molecule has 1 aliphatic rings. The van der Waals surface area contributed by atoms with Crippen LogP contribution in [0.15, 0.2) is 48.5 Å². The normalized spacial score (nSPS) is 16.5. The highest BCUT2D eigenvalue weighted by atomic mass is 16.3. The molecule has 0 unspecified atom stereocenters. The van der Waals surface area contributed by atoms with Gasteiger partial charge in [0.15, 0.2) is 0 Å². The number of benzene rings is 4. The molecule has 0 radical (unpaired) electrons. The Morgan fingerprint density at radius 2 is 1.50 bits per heavy atom. The molecule has 0 aliphatic carbocycles. The fraction of sp³-hybridized carbons (Fsp3) is 0.273. The maximum Gasteiger partial charge on any atom is 0.127 e. The van der Waals surface area contributed by atoms with Crippen molar-refractivity contribution in [3.05, 3.63) is 54.1 Å². The van der Waals surface area contributed by atoms with Crippen LogP contribution in [0.5, 0.6) is 5.75 Å². The number of piperidine rings is 1. The SMILES string of the molecule is Oc1c(CN2CCCCC2)cc2ccc3cccc4ccc1c2c34. The average Bonchev–Trinajstić information content (AvgIpc) is 2.63. The molecule has 2 heteroatoms. The Morgan fingerprint density at radius 1 is 0.792 bits per heavy atom. The minimum absolute atomic E-state index is 0.464. The number of nitrogens with zero attached hydrogens (tertiary/aromatic N) is 1. The van der Waals surface area contributed by atoms with E-state index in [4.69, 9.17) is 0 Å². The van der Waals surface area contributed by atoms with Gasteiger partial charge in [-0.25, -0.2) is 0 Å². The third-order valence-electron chi connectivity index (χ3n) is 5.54. The van der Waals surface area contributed by atoms with E-state index in [1.807, 2.05) is 0 Å². The highest BCUT2D eigenvalue weighted by Crippen LogP contribution is 2.40. The van der Waals surface area contributed by atoms with Crippen LogP contribution in [0.2, 0.25) is 0 Å². The van der Waals surface area contributed by atoms with Crippen LogP contribution in [0.25, 0.3) is 32.3 Å². The Bertz CT molecular complexity index is 1010. The van der Waals surface area contributed by atoms with E-state index in [1.54, 1.807) is 0 Å². The zero-order chi connectivity index (χ0) is 16.1. The van der Waals surface area contributed by atoms with E-state index in [0.29, 0.717) is 5.75 Å². The van der Waals surface area contributed by atoms with Crippen LogP contribution >= 0.6 is 0 Å². The molecule has 0 aromatic heterocycles. The lowest BCUT2D eigenvalue weighted by Gasteiger charge is -2.27. The molecule has 24 heavy (non-hydrogen) atoms. The third kappa shape index (κ3) is 2.06. The molecule has 1 aliphatic heterocycles. The molecule has 4 aromatic rings. The predicted octanol–water partition coefficient (Wildman–Crippen LogP) is 5.28. The summed E-state index contributed by atoms with van der Waals surface area (Å²) in [5, 5.41) is 18.1. The molecule has 4 aromatic carbocycles. The highest BCUT2D eigenvalue weighted by Gasteiger charge is 2.17. The molecule has 0 bridgehead atoms. The van der Waals surface area contributed by atoms with Crippen molar-refractivity contribution in [1.82, 2.24) is 4.90 Å². The Morgan fingerprint density at radius 3 is 2.29 bits per heavy atom. The van der Waals surface area contributed by atoms with Gasteiger partial charge in [0.05, 0.1) is 0 Å². The second kappa shape index (κ2) is 5.35. The van der Waals surface area contributed by atoms with Gasteiger partial charge in [0, 0.05) is 22.9 Å². The van der Waals surface area contributed by atoms with Gasteiger partial charge >= 0.3 is 0 Å². The van der Waals surface area contributed by atoms with Gasteiger partial charge in [-0.05, 0) is 59.6 Å². The summed E-state index contributed by atoms with van der Waals surface area (Å²) in [5.74, 6) is 0.464. The Balaban J connectivity index is 1.73. The van der Waals surface area contributed by atoms with E-state index in [9.17, 15) is 5.11 Å². The first-order valence-corrected chi connectivity index (χ1v) is 8.92. The molecule has 0 amide bonds. The summed E-state index contributed by atoms with van der Waals surface area (Å²) in [6.07, 6.45) is 3.88. The van der Waals surface area contributed by atoms with Crippen LogP contribution in [0.3, 0.4) is 0 Å². The molecule has 1 heterocycles. The number of phenolic OH excluding ortho intramolecular Hbond substituents is 1. The van der Waals surface area contributed by atoms with E-state index in [1.165, 1.54) is 46.2 Å².